The third-order valence-corrected chi connectivity index (χ3v) is 2.97. The van der Waals surface area contributed by atoms with Crippen molar-refractivity contribution >= 4 is 33.7 Å². The molecule has 14 heavy (non-hydrogen) atoms. The van der Waals surface area contributed by atoms with Crippen LogP contribution in [0.25, 0.3) is 5.32 Å². The van der Waals surface area contributed by atoms with Gasteiger partial charge in [0.1, 0.15) is 5.70 Å². The van der Waals surface area contributed by atoms with Crippen LogP contribution < -0.4 is 56.7 Å². The molecule has 0 aromatic heterocycles. The summed E-state index contributed by atoms with van der Waals surface area (Å²) in [7, 11) is 3.01. The molecule has 0 aromatic rings. The minimum atomic E-state index is -0.390. The van der Waals surface area contributed by atoms with Gasteiger partial charge >= 0.3 is 57.4 Å². The van der Waals surface area contributed by atoms with Gasteiger partial charge in [-0.25, -0.2) is 4.79 Å². The zero-order chi connectivity index (χ0) is 9.84. The molecule has 1 aliphatic rings. The molecule has 0 fully saturated rings. The van der Waals surface area contributed by atoms with Crippen LogP contribution in [0.5, 0.6) is 0 Å². The second kappa shape index (κ2) is 7.32. The van der Waals surface area contributed by atoms with E-state index >= 15 is 0 Å². The van der Waals surface area contributed by atoms with Gasteiger partial charge in [-0.3, -0.25) is 0 Å². The summed E-state index contributed by atoms with van der Waals surface area (Å²) >= 11 is 4.65. The van der Waals surface area contributed by atoms with Crippen LogP contribution in [0.15, 0.2) is 20.7 Å². The molecule has 72 valence electrons. The van der Waals surface area contributed by atoms with Crippen LogP contribution >= 0.6 is 27.7 Å². The van der Waals surface area contributed by atoms with Gasteiger partial charge in [0.2, 0.25) is 0 Å². The minimum Gasteiger partial charge on any atom is -0.691 e. The van der Waals surface area contributed by atoms with Gasteiger partial charge in [-0.1, -0.05) is 11.8 Å². The number of hydrogen-bond donors (Lipinski definition) is 1. The number of halogens is 1. The van der Waals surface area contributed by atoms with Crippen molar-refractivity contribution < 1.29 is 60.9 Å². The van der Waals surface area contributed by atoms with E-state index < -0.39 is 0 Å². The molecule has 1 aliphatic heterocycles. The van der Waals surface area contributed by atoms with E-state index in [4.69, 9.17) is 0 Å². The third kappa shape index (κ3) is 3.88. The number of nitrogens with zero attached hydrogens (tertiary/aromatic N) is 1. The van der Waals surface area contributed by atoms with Crippen LogP contribution in [0.3, 0.4) is 0 Å². The second-order valence-corrected chi connectivity index (χ2v) is 4.49. The number of thioether (sulfide) groups is 1. The predicted molar refractivity (Wildman–Crippen MR) is 56.1 cm³/mol. The molecule has 0 aliphatic carbocycles. The van der Waals surface area contributed by atoms with Crippen molar-refractivity contribution in [2.45, 2.75) is 0 Å². The predicted octanol–water partition coefficient (Wildman–Crippen LogP) is -1.13. The standard InChI is InChI=1S/C7H8BrN2O2S.K/c1-9-3-4-10-5(6(8)13-4)7(11)12-2;/h3,10H,1-2H3;/q-1;+1/b4-3+;. The van der Waals surface area contributed by atoms with Crippen LogP contribution in [0.4, 0.5) is 0 Å². The molecule has 1 heterocycles. The molecule has 0 atom stereocenters. The smallest absolute Gasteiger partial charge is 0.691 e. The molecule has 4 nitrogen and oxygen atoms in total. The summed E-state index contributed by atoms with van der Waals surface area (Å²) in [5, 5.41) is 7.51. The number of methoxy groups -OCH3 is 1. The monoisotopic (exact) mass is 302 g/mol. The van der Waals surface area contributed by atoms with Crippen LogP contribution in [0.2, 0.25) is 0 Å². The van der Waals surface area contributed by atoms with Crippen molar-refractivity contribution in [1.29, 1.82) is 0 Å². The molecule has 0 saturated heterocycles. The molecular weight excluding hydrogens is 295 g/mol. The first-order valence-electron chi connectivity index (χ1n) is 3.41. The molecule has 1 rings (SSSR count). The van der Waals surface area contributed by atoms with E-state index in [0.29, 0.717) is 9.51 Å². The number of carbonyl (C=O) groups excluding carboxylic acids is 1. The molecule has 0 bridgehead atoms. The van der Waals surface area contributed by atoms with Crippen LogP contribution in [0.1, 0.15) is 0 Å². The average molecular weight is 303 g/mol. The van der Waals surface area contributed by atoms with Gasteiger partial charge in [0.25, 0.3) is 0 Å². The molecule has 0 unspecified atom stereocenters. The Bertz CT molecular complexity index is 293. The maximum atomic E-state index is 11.1. The Hall–Kier alpha value is 1.02. The molecule has 7 heteroatoms. The van der Waals surface area contributed by atoms with Crippen molar-refractivity contribution in [3.63, 3.8) is 0 Å². The Morgan fingerprint density at radius 2 is 2.36 bits per heavy atom. The summed E-state index contributed by atoms with van der Waals surface area (Å²) in [4.78, 5) is 11.1. The van der Waals surface area contributed by atoms with E-state index in [9.17, 15) is 4.79 Å². The first kappa shape index (κ1) is 15.0. The van der Waals surface area contributed by atoms with Crippen molar-refractivity contribution in [2.75, 3.05) is 14.2 Å². The van der Waals surface area contributed by atoms with Gasteiger partial charge < -0.3 is 15.4 Å². The number of hydrogen-bond acceptors (Lipinski definition) is 4. The first-order chi connectivity index (χ1) is 6.19. The molecule has 0 saturated carbocycles. The quantitative estimate of drug-likeness (QED) is 0.518. The van der Waals surface area contributed by atoms with Crippen LogP contribution in [-0.4, -0.2) is 20.1 Å². The fourth-order valence-electron chi connectivity index (χ4n) is 0.755. The molecule has 0 aromatic carbocycles. The van der Waals surface area contributed by atoms with E-state index in [0.717, 1.165) is 5.03 Å². The van der Waals surface area contributed by atoms with Crippen LogP contribution in [0, 0.1) is 0 Å². The summed E-state index contributed by atoms with van der Waals surface area (Å²) in [6.07, 6.45) is 1.64. The number of carbonyl (C=O) groups is 1. The van der Waals surface area contributed by atoms with Crippen molar-refractivity contribution in [1.82, 2.24) is 5.32 Å². The zero-order valence-electron chi connectivity index (χ0n) is 8.13. The maximum Gasteiger partial charge on any atom is 1.00 e. The molecule has 0 spiro atoms. The fraction of sp³-hybridized carbons (Fsp3) is 0.286. The van der Waals surface area contributed by atoms with Crippen molar-refractivity contribution in [3.05, 3.63) is 26.1 Å². The largest absolute Gasteiger partial charge is 1.00 e. The Morgan fingerprint density at radius 3 is 2.86 bits per heavy atom. The summed E-state index contributed by atoms with van der Waals surface area (Å²) in [6, 6.07) is 0. The topological polar surface area (TPSA) is 52.4 Å². The molecule has 0 amide bonds. The minimum absolute atomic E-state index is 0. The normalized spacial score (nSPS) is 17.5. The van der Waals surface area contributed by atoms with Gasteiger partial charge in [-0.15, -0.1) is 13.2 Å². The number of rotatable bonds is 2. The summed E-state index contributed by atoms with van der Waals surface area (Å²) in [6.45, 7) is 0. The van der Waals surface area contributed by atoms with Crippen LogP contribution in [-0.2, 0) is 9.53 Å². The van der Waals surface area contributed by atoms with E-state index in [1.54, 1.807) is 13.2 Å². The summed E-state index contributed by atoms with van der Waals surface area (Å²) in [5.41, 5.74) is 0.419. The third-order valence-electron chi connectivity index (χ3n) is 1.28. The van der Waals surface area contributed by atoms with Crippen molar-refractivity contribution in [2.24, 2.45) is 0 Å². The van der Waals surface area contributed by atoms with E-state index in [-0.39, 0.29) is 57.4 Å². The zero-order valence-corrected chi connectivity index (χ0v) is 13.7. The van der Waals surface area contributed by atoms with Gasteiger partial charge in [0.15, 0.2) is 0 Å². The average Bonchev–Trinajstić information content (AvgIpc) is 2.46. The Morgan fingerprint density at radius 1 is 1.71 bits per heavy atom. The molecule has 0 radical (unpaired) electrons. The SMILES string of the molecule is C[N-]/C=C1\NC(C(=O)OC)=C(Br)S1.[K+]. The van der Waals surface area contributed by atoms with Gasteiger partial charge in [0.05, 0.1) is 16.0 Å². The summed E-state index contributed by atoms with van der Waals surface area (Å²) < 4.78 is 5.29. The van der Waals surface area contributed by atoms with Gasteiger partial charge in [-0.05, 0) is 15.9 Å². The van der Waals surface area contributed by atoms with E-state index in [1.807, 2.05) is 0 Å². The Labute approximate surface area is 138 Å². The summed E-state index contributed by atoms with van der Waals surface area (Å²) in [5.74, 6) is -0.390. The Balaban J connectivity index is 0.00000169. The maximum absolute atomic E-state index is 11.1. The first-order valence-corrected chi connectivity index (χ1v) is 5.02. The van der Waals surface area contributed by atoms with Crippen molar-refractivity contribution in [3.8, 4) is 0 Å². The van der Waals surface area contributed by atoms with E-state index in [1.165, 1.54) is 18.9 Å². The van der Waals surface area contributed by atoms with Gasteiger partial charge in [-0.2, -0.15) is 0 Å². The van der Waals surface area contributed by atoms with E-state index in [2.05, 4.69) is 31.3 Å². The fourth-order valence-corrected chi connectivity index (χ4v) is 2.28. The molecular formula is C7H8BrKN2O2S. The number of esters is 1. The Kier molecular flexibility index (Phi) is 7.85. The van der Waals surface area contributed by atoms with Gasteiger partial charge in [0, 0.05) is 0 Å². The second-order valence-electron chi connectivity index (χ2n) is 2.12. The molecule has 1 N–H and O–H groups in total. The number of ether oxygens (including phenoxy) is 1. The number of nitrogens with one attached hydrogen (secondary N) is 1.